The van der Waals surface area contributed by atoms with Crippen LogP contribution in [0.15, 0.2) is 65.1 Å². The van der Waals surface area contributed by atoms with E-state index in [1.165, 1.54) is 18.7 Å². The maximum absolute atomic E-state index is 12.6. The zero-order valence-corrected chi connectivity index (χ0v) is 18.3. The number of likely N-dealkylation sites (N-methyl/N-ethyl adjacent to an activating group) is 1. The Morgan fingerprint density at radius 3 is 2.61 bits per heavy atom. The Morgan fingerprint density at radius 1 is 1.06 bits per heavy atom. The lowest BCUT2D eigenvalue weighted by Crippen LogP contribution is -2.34. The molecule has 6 heteroatoms. The van der Waals surface area contributed by atoms with Crippen LogP contribution in [0.1, 0.15) is 28.3 Å². The molecule has 2 saturated heterocycles. The minimum Gasteiger partial charge on any atom is -0.456 e. The van der Waals surface area contributed by atoms with Gasteiger partial charge in [0.15, 0.2) is 5.76 Å². The molecule has 1 aromatic heterocycles. The van der Waals surface area contributed by atoms with Crippen LogP contribution in [-0.2, 0) is 6.42 Å². The van der Waals surface area contributed by atoms with Gasteiger partial charge >= 0.3 is 0 Å². The minimum absolute atomic E-state index is 0.242. The molecule has 0 saturated carbocycles. The third kappa shape index (κ3) is 4.34. The third-order valence-electron chi connectivity index (χ3n) is 6.36. The summed E-state index contributed by atoms with van der Waals surface area (Å²) in [5.41, 5.74) is 3.08. The van der Waals surface area contributed by atoms with E-state index in [0.717, 1.165) is 36.0 Å². The van der Waals surface area contributed by atoms with E-state index in [1.807, 2.05) is 42.5 Å². The molecule has 2 fully saturated rings. The highest BCUT2D eigenvalue weighted by Gasteiger charge is 2.39. The van der Waals surface area contributed by atoms with Gasteiger partial charge in [0, 0.05) is 48.5 Å². The predicted molar refractivity (Wildman–Crippen MR) is 124 cm³/mol. The van der Waals surface area contributed by atoms with Crippen molar-refractivity contribution in [2.24, 2.45) is 5.92 Å². The van der Waals surface area contributed by atoms with E-state index in [0.29, 0.717) is 23.2 Å². The molecule has 2 aliphatic heterocycles. The van der Waals surface area contributed by atoms with Crippen molar-refractivity contribution in [3.8, 4) is 0 Å². The van der Waals surface area contributed by atoms with E-state index < -0.39 is 0 Å². The highest BCUT2D eigenvalue weighted by Crippen LogP contribution is 2.34. The van der Waals surface area contributed by atoms with E-state index in [1.54, 1.807) is 6.07 Å². The first-order chi connectivity index (χ1) is 15.0. The van der Waals surface area contributed by atoms with Gasteiger partial charge in [-0.2, -0.15) is 0 Å². The molecule has 0 radical (unpaired) electrons. The highest BCUT2D eigenvalue weighted by molar-refractivity contribution is 6.30. The Labute approximate surface area is 187 Å². The molecule has 5 rings (SSSR count). The van der Waals surface area contributed by atoms with Crippen LogP contribution in [0.2, 0.25) is 5.02 Å². The standard InChI is InChI=1S/C25H26ClN3O2/c1-28-15-18-12-13-29(23(18)16-28)21-8-6-20(7-9-21)27-25(30)24-11-10-22(31-24)14-17-2-4-19(26)5-3-17/h2-11,18,23H,12-16H2,1H3,(H,27,30)/t18-,23+/m0/s1. The summed E-state index contributed by atoms with van der Waals surface area (Å²) in [6.45, 7) is 3.43. The van der Waals surface area contributed by atoms with Crippen molar-refractivity contribution in [1.82, 2.24) is 4.90 Å². The van der Waals surface area contributed by atoms with Crippen LogP contribution in [0, 0.1) is 5.92 Å². The highest BCUT2D eigenvalue weighted by atomic mass is 35.5. The number of fused-ring (bicyclic) bond motifs is 1. The topological polar surface area (TPSA) is 48.7 Å². The lowest BCUT2D eigenvalue weighted by Gasteiger charge is -2.26. The molecule has 0 bridgehead atoms. The van der Waals surface area contributed by atoms with Crippen molar-refractivity contribution in [2.75, 3.05) is 36.9 Å². The van der Waals surface area contributed by atoms with Crippen LogP contribution >= 0.6 is 11.6 Å². The Bertz CT molecular complexity index is 1060. The Hall–Kier alpha value is -2.76. The molecular formula is C25H26ClN3O2. The average molecular weight is 436 g/mol. The van der Waals surface area contributed by atoms with Crippen LogP contribution in [0.5, 0.6) is 0 Å². The number of nitrogens with one attached hydrogen (secondary N) is 1. The van der Waals surface area contributed by atoms with Crippen LogP contribution < -0.4 is 10.2 Å². The van der Waals surface area contributed by atoms with Gasteiger partial charge in [0.2, 0.25) is 0 Å². The van der Waals surface area contributed by atoms with Crippen molar-refractivity contribution in [3.63, 3.8) is 0 Å². The molecule has 1 amide bonds. The lowest BCUT2D eigenvalue weighted by molar-refractivity contribution is 0.0995. The summed E-state index contributed by atoms with van der Waals surface area (Å²) >= 11 is 5.93. The number of nitrogens with zero attached hydrogens (tertiary/aromatic N) is 2. The maximum Gasteiger partial charge on any atom is 0.291 e. The Kier molecular flexibility index (Phi) is 5.47. The first-order valence-corrected chi connectivity index (χ1v) is 11.1. The molecule has 2 aliphatic rings. The van der Waals surface area contributed by atoms with E-state index in [-0.39, 0.29) is 5.91 Å². The number of anilines is 2. The van der Waals surface area contributed by atoms with Crippen molar-refractivity contribution in [3.05, 3.63) is 82.8 Å². The SMILES string of the molecule is CN1C[C@@H]2CCN(c3ccc(NC(=O)c4ccc(Cc5ccc(Cl)cc5)o4)cc3)[C@@H]2C1. The second kappa shape index (κ2) is 8.40. The van der Waals surface area contributed by atoms with Gasteiger partial charge in [0.05, 0.1) is 0 Å². The smallest absolute Gasteiger partial charge is 0.291 e. The van der Waals surface area contributed by atoms with E-state index >= 15 is 0 Å². The summed E-state index contributed by atoms with van der Waals surface area (Å²) in [6, 6.07) is 19.9. The van der Waals surface area contributed by atoms with Crippen LogP contribution in [0.3, 0.4) is 0 Å². The average Bonchev–Trinajstić information content (AvgIpc) is 3.46. The molecule has 5 nitrogen and oxygen atoms in total. The van der Waals surface area contributed by atoms with Crippen molar-refractivity contribution in [1.29, 1.82) is 0 Å². The van der Waals surface area contributed by atoms with Gasteiger partial charge in [0.1, 0.15) is 5.76 Å². The summed E-state index contributed by atoms with van der Waals surface area (Å²) in [6.07, 6.45) is 1.87. The molecule has 3 aromatic rings. The molecule has 0 aliphatic carbocycles. The van der Waals surface area contributed by atoms with Gasteiger partial charge < -0.3 is 19.5 Å². The number of rotatable bonds is 5. The number of likely N-dealkylation sites (tertiary alicyclic amines) is 1. The largest absolute Gasteiger partial charge is 0.456 e. The number of furan rings is 1. The number of carbonyl (C=O) groups excluding carboxylic acids is 1. The molecule has 0 spiro atoms. The van der Waals surface area contributed by atoms with Crippen molar-refractivity contribution in [2.45, 2.75) is 18.9 Å². The summed E-state index contributed by atoms with van der Waals surface area (Å²) < 4.78 is 5.76. The monoisotopic (exact) mass is 435 g/mol. The summed E-state index contributed by atoms with van der Waals surface area (Å²) in [5, 5.41) is 3.64. The van der Waals surface area contributed by atoms with E-state index in [4.69, 9.17) is 16.0 Å². The first-order valence-electron chi connectivity index (χ1n) is 10.7. The fourth-order valence-electron chi connectivity index (χ4n) is 4.82. The van der Waals surface area contributed by atoms with E-state index in [9.17, 15) is 4.79 Å². The predicted octanol–water partition coefficient (Wildman–Crippen LogP) is 4.92. The van der Waals surface area contributed by atoms with Crippen LogP contribution in [-0.4, -0.2) is 43.5 Å². The van der Waals surface area contributed by atoms with Gasteiger partial charge in [-0.15, -0.1) is 0 Å². The quantitative estimate of drug-likeness (QED) is 0.618. The van der Waals surface area contributed by atoms with Gasteiger partial charge in [0.25, 0.3) is 5.91 Å². The summed E-state index contributed by atoms with van der Waals surface area (Å²) in [7, 11) is 2.20. The van der Waals surface area contributed by atoms with Crippen molar-refractivity contribution < 1.29 is 9.21 Å². The molecule has 160 valence electrons. The second-order valence-electron chi connectivity index (χ2n) is 8.60. The van der Waals surface area contributed by atoms with E-state index in [2.05, 4.69) is 34.3 Å². The third-order valence-corrected chi connectivity index (χ3v) is 6.62. The van der Waals surface area contributed by atoms with Gasteiger partial charge in [-0.1, -0.05) is 23.7 Å². The fraction of sp³-hybridized carbons (Fsp3) is 0.320. The second-order valence-corrected chi connectivity index (χ2v) is 9.04. The molecule has 31 heavy (non-hydrogen) atoms. The lowest BCUT2D eigenvalue weighted by atomic mass is 10.0. The number of halogens is 1. The number of carbonyl (C=O) groups is 1. The number of hydrogen-bond acceptors (Lipinski definition) is 4. The maximum atomic E-state index is 12.6. The molecular weight excluding hydrogens is 410 g/mol. The van der Waals surface area contributed by atoms with Crippen LogP contribution in [0.4, 0.5) is 11.4 Å². The number of hydrogen-bond donors (Lipinski definition) is 1. The fourth-order valence-corrected chi connectivity index (χ4v) is 4.95. The first kappa shape index (κ1) is 20.2. The van der Waals surface area contributed by atoms with Gasteiger partial charge in [-0.05, 0) is 73.5 Å². The van der Waals surface area contributed by atoms with Crippen molar-refractivity contribution >= 4 is 28.9 Å². The zero-order chi connectivity index (χ0) is 21.4. The normalized spacial score (nSPS) is 20.8. The number of amides is 1. The Balaban J connectivity index is 1.21. The van der Waals surface area contributed by atoms with Gasteiger partial charge in [-0.25, -0.2) is 0 Å². The number of benzene rings is 2. The molecule has 0 unspecified atom stereocenters. The molecule has 3 heterocycles. The summed E-state index contributed by atoms with van der Waals surface area (Å²) in [4.78, 5) is 17.5. The summed E-state index contributed by atoms with van der Waals surface area (Å²) in [5.74, 6) is 1.58. The van der Waals surface area contributed by atoms with Gasteiger partial charge in [-0.3, -0.25) is 4.79 Å². The Morgan fingerprint density at radius 2 is 1.84 bits per heavy atom. The molecule has 2 aromatic carbocycles. The van der Waals surface area contributed by atoms with Crippen LogP contribution in [0.25, 0.3) is 0 Å². The molecule has 2 atom stereocenters. The molecule has 1 N–H and O–H groups in total. The zero-order valence-electron chi connectivity index (χ0n) is 17.6. The minimum atomic E-state index is -0.242.